The molecule has 132 valence electrons. The third-order valence-electron chi connectivity index (χ3n) is 4.09. The molecule has 6 heteroatoms. The molecule has 2 N–H and O–H groups in total. The Labute approximate surface area is 155 Å². The summed E-state index contributed by atoms with van der Waals surface area (Å²) >= 11 is 3.39. The number of halogens is 1. The van der Waals surface area contributed by atoms with Gasteiger partial charge in [-0.1, -0.05) is 46.8 Å². The number of nitrogens with zero attached hydrogens (tertiary/aromatic N) is 2. The Morgan fingerprint density at radius 1 is 1.52 bits per heavy atom. The van der Waals surface area contributed by atoms with Crippen LogP contribution >= 0.6 is 15.9 Å². The highest BCUT2D eigenvalue weighted by atomic mass is 79.9. The summed E-state index contributed by atoms with van der Waals surface area (Å²) in [6, 6.07) is 6.77. The van der Waals surface area contributed by atoms with Gasteiger partial charge in [0.25, 0.3) is 0 Å². The van der Waals surface area contributed by atoms with Crippen molar-refractivity contribution in [2.24, 2.45) is 4.99 Å². The van der Waals surface area contributed by atoms with Crippen LogP contribution in [-0.2, 0) is 0 Å². The van der Waals surface area contributed by atoms with Crippen LogP contribution in [0.5, 0.6) is 0 Å². The highest BCUT2D eigenvalue weighted by Gasteiger charge is 2.28. The van der Waals surface area contributed by atoms with Crippen molar-refractivity contribution in [2.75, 3.05) is 6.61 Å². The summed E-state index contributed by atoms with van der Waals surface area (Å²) in [6.07, 6.45) is 4.32. The third kappa shape index (κ3) is 4.34. The van der Waals surface area contributed by atoms with E-state index < -0.39 is 12.8 Å². The van der Waals surface area contributed by atoms with Crippen LogP contribution in [0, 0.1) is 0 Å². The Hall–Kier alpha value is -2.02. The van der Waals surface area contributed by atoms with Crippen LogP contribution in [0.2, 0.25) is 0 Å². The first kappa shape index (κ1) is 19.3. The van der Waals surface area contributed by atoms with E-state index in [0.29, 0.717) is 16.8 Å². The van der Waals surface area contributed by atoms with Crippen molar-refractivity contribution in [1.29, 1.82) is 0 Å². The van der Waals surface area contributed by atoms with E-state index in [2.05, 4.69) is 27.5 Å². The van der Waals surface area contributed by atoms with Crippen molar-refractivity contribution in [3.63, 3.8) is 0 Å². The van der Waals surface area contributed by atoms with Crippen LogP contribution in [0.4, 0.5) is 0 Å². The van der Waals surface area contributed by atoms with Gasteiger partial charge in [-0.2, -0.15) is 0 Å². The second-order valence-electron chi connectivity index (χ2n) is 5.68. The minimum atomic E-state index is -0.923. The first-order valence-corrected chi connectivity index (χ1v) is 8.64. The van der Waals surface area contributed by atoms with E-state index in [-0.39, 0.29) is 11.8 Å². The van der Waals surface area contributed by atoms with Crippen LogP contribution < -0.4 is 0 Å². The summed E-state index contributed by atoms with van der Waals surface area (Å²) in [5, 5.41) is 19.6. The molecular formula is C19H21BrN2O3. The normalized spacial score (nSPS) is 20.9. The standard InChI is InChI=1S/C19H21BrN2O3/c1-4-16(20)9-17-12(2)19(25)22(11-21-17)13(3)14-6-5-7-15(8-14)18(24)10-23/h4-9,11,13,19,23,25H,2,10H2,1,3H3/b16-4+,17-9+/t13-,19?/m1/s1. The molecule has 0 saturated carbocycles. The highest BCUT2D eigenvalue weighted by molar-refractivity contribution is 9.11. The molecule has 0 aliphatic carbocycles. The van der Waals surface area contributed by atoms with Gasteiger partial charge in [0.1, 0.15) is 6.61 Å². The fourth-order valence-electron chi connectivity index (χ4n) is 2.48. The van der Waals surface area contributed by atoms with Gasteiger partial charge in [-0.25, -0.2) is 4.99 Å². The summed E-state index contributed by atoms with van der Waals surface area (Å²) in [6.45, 7) is 7.20. The monoisotopic (exact) mass is 404 g/mol. The van der Waals surface area contributed by atoms with E-state index in [1.807, 2.05) is 26.0 Å². The molecule has 0 fully saturated rings. The Kier molecular flexibility index (Phi) is 6.47. The molecule has 0 spiro atoms. The molecule has 0 saturated heterocycles. The van der Waals surface area contributed by atoms with E-state index in [1.54, 1.807) is 35.5 Å². The lowest BCUT2D eigenvalue weighted by atomic mass is 10.0. The molecule has 2 rings (SSSR count). The summed E-state index contributed by atoms with van der Waals surface area (Å²) in [7, 11) is 0. The van der Waals surface area contributed by atoms with Gasteiger partial charge in [0.05, 0.1) is 18.1 Å². The van der Waals surface area contributed by atoms with Crippen molar-refractivity contribution < 1.29 is 15.0 Å². The fourth-order valence-corrected chi connectivity index (χ4v) is 2.70. The minimum absolute atomic E-state index is 0.228. The second kappa shape index (κ2) is 8.38. The number of aliphatic hydroxyl groups is 2. The topological polar surface area (TPSA) is 73.1 Å². The van der Waals surface area contributed by atoms with Gasteiger partial charge in [0.2, 0.25) is 0 Å². The summed E-state index contributed by atoms with van der Waals surface area (Å²) in [5.41, 5.74) is 2.37. The summed E-state index contributed by atoms with van der Waals surface area (Å²) in [5.74, 6) is -0.340. The lowest BCUT2D eigenvalue weighted by Gasteiger charge is -2.36. The Morgan fingerprint density at radius 3 is 2.88 bits per heavy atom. The van der Waals surface area contributed by atoms with Gasteiger partial charge in [0.15, 0.2) is 12.0 Å². The van der Waals surface area contributed by atoms with Crippen molar-refractivity contribution in [1.82, 2.24) is 4.90 Å². The number of ketones is 1. The molecule has 5 nitrogen and oxygen atoms in total. The Bertz CT molecular complexity index is 768. The number of hydrogen-bond acceptors (Lipinski definition) is 5. The Morgan fingerprint density at radius 2 is 2.24 bits per heavy atom. The molecule has 0 bridgehead atoms. The molecule has 0 aromatic heterocycles. The van der Waals surface area contributed by atoms with Crippen molar-refractivity contribution in [3.8, 4) is 0 Å². The number of allylic oxidation sites excluding steroid dienone is 3. The molecule has 2 atom stereocenters. The van der Waals surface area contributed by atoms with Gasteiger partial charge in [0, 0.05) is 15.6 Å². The zero-order valence-corrected chi connectivity index (χ0v) is 15.8. The maximum Gasteiger partial charge on any atom is 0.188 e. The zero-order valence-electron chi connectivity index (χ0n) is 14.2. The molecule has 1 heterocycles. The molecule has 1 aliphatic rings. The molecule has 0 amide bonds. The lowest BCUT2D eigenvalue weighted by Crippen LogP contribution is -2.40. The quantitative estimate of drug-likeness (QED) is 0.738. The molecule has 1 unspecified atom stereocenters. The number of carbonyl (C=O) groups excluding carboxylic acids is 1. The lowest BCUT2D eigenvalue weighted by molar-refractivity contribution is 0.0641. The van der Waals surface area contributed by atoms with Gasteiger partial charge >= 0.3 is 0 Å². The molecule has 1 aromatic carbocycles. The van der Waals surface area contributed by atoms with Gasteiger partial charge in [-0.3, -0.25) is 4.79 Å². The van der Waals surface area contributed by atoms with Crippen LogP contribution in [0.15, 0.2) is 63.7 Å². The molecular weight excluding hydrogens is 384 g/mol. The molecule has 1 aliphatic heterocycles. The van der Waals surface area contributed by atoms with Gasteiger partial charge < -0.3 is 15.1 Å². The minimum Gasteiger partial charge on any atom is -0.388 e. The van der Waals surface area contributed by atoms with E-state index in [4.69, 9.17) is 5.11 Å². The number of Topliss-reactive ketones (excluding diaryl/α,β-unsaturated/α-hetero) is 1. The SMILES string of the molecule is C=C1/C(=C\C(Br)=C/C)N=CN([C@H](C)c2cccc(C(=O)CO)c2)C1O. The van der Waals surface area contributed by atoms with Crippen molar-refractivity contribution >= 4 is 28.1 Å². The number of aliphatic hydroxyl groups excluding tert-OH is 2. The van der Waals surface area contributed by atoms with Gasteiger partial charge in [-0.15, -0.1) is 0 Å². The van der Waals surface area contributed by atoms with Crippen LogP contribution in [-0.4, -0.2) is 40.1 Å². The zero-order chi connectivity index (χ0) is 18.6. The predicted molar refractivity (Wildman–Crippen MR) is 103 cm³/mol. The van der Waals surface area contributed by atoms with E-state index in [1.165, 1.54) is 0 Å². The van der Waals surface area contributed by atoms with Crippen LogP contribution in [0.1, 0.15) is 35.8 Å². The largest absolute Gasteiger partial charge is 0.388 e. The predicted octanol–water partition coefficient (Wildman–Crippen LogP) is 3.32. The smallest absolute Gasteiger partial charge is 0.188 e. The molecule has 0 radical (unpaired) electrons. The van der Waals surface area contributed by atoms with Crippen LogP contribution in [0.25, 0.3) is 0 Å². The number of carbonyl (C=O) groups is 1. The number of rotatable bonds is 5. The van der Waals surface area contributed by atoms with Crippen LogP contribution in [0.3, 0.4) is 0 Å². The van der Waals surface area contributed by atoms with Gasteiger partial charge in [-0.05, 0) is 31.6 Å². The average molecular weight is 405 g/mol. The van der Waals surface area contributed by atoms with Crippen molar-refractivity contribution in [2.45, 2.75) is 26.1 Å². The summed E-state index contributed by atoms with van der Waals surface area (Å²) in [4.78, 5) is 17.7. The van der Waals surface area contributed by atoms with E-state index >= 15 is 0 Å². The average Bonchev–Trinajstić information content (AvgIpc) is 2.64. The molecule has 1 aromatic rings. The molecule has 25 heavy (non-hydrogen) atoms. The maximum atomic E-state index is 11.7. The number of benzene rings is 1. The highest BCUT2D eigenvalue weighted by Crippen LogP contribution is 2.30. The van der Waals surface area contributed by atoms with E-state index in [9.17, 15) is 9.90 Å². The van der Waals surface area contributed by atoms with E-state index in [0.717, 1.165) is 10.0 Å². The fraction of sp³-hybridized carbons (Fsp3) is 0.263. The van der Waals surface area contributed by atoms with Crippen molar-refractivity contribution in [3.05, 3.63) is 69.9 Å². The first-order valence-electron chi connectivity index (χ1n) is 7.85. The number of aliphatic imine (C=N–C) groups is 1. The first-order chi connectivity index (χ1) is 11.9. The maximum absolute atomic E-state index is 11.7. The number of hydrogen-bond donors (Lipinski definition) is 2. The Balaban J connectivity index is 2.30. The summed E-state index contributed by atoms with van der Waals surface area (Å²) < 4.78 is 0.852. The third-order valence-corrected chi connectivity index (χ3v) is 4.77. The second-order valence-corrected chi connectivity index (χ2v) is 6.59.